The zero-order valence-electron chi connectivity index (χ0n) is 13.7. The van der Waals surface area contributed by atoms with Crippen molar-refractivity contribution in [3.63, 3.8) is 0 Å². The fourth-order valence-corrected chi connectivity index (χ4v) is 3.01. The second kappa shape index (κ2) is 7.49. The predicted octanol–water partition coefficient (Wildman–Crippen LogP) is 3.41. The van der Waals surface area contributed by atoms with E-state index >= 15 is 0 Å². The number of hydrogen-bond donors (Lipinski definition) is 2. The number of nitriles is 1. The second-order valence-electron chi connectivity index (χ2n) is 6.13. The Labute approximate surface area is 145 Å². The van der Waals surface area contributed by atoms with E-state index in [0.717, 1.165) is 0 Å². The number of nitrogens with zero attached hydrogens (tertiary/aromatic N) is 2. The topological polar surface area (TPSA) is 59.3 Å². The van der Waals surface area contributed by atoms with Gasteiger partial charge in [-0.25, -0.2) is 8.78 Å². The summed E-state index contributed by atoms with van der Waals surface area (Å²) in [5.41, 5.74) is 1.56. The molecule has 25 heavy (non-hydrogen) atoms. The number of rotatable bonds is 4. The molecule has 2 N–H and O–H groups in total. The number of anilines is 2. The van der Waals surface area contributed by atoms with E-state index in [1.165, 1.54) is 18.2 Å². The van der Waals surface area contributed by atoms with E-state index in [0.29, 0.717) is 42.9 Å². The predicted molar refractivity (Wildman–Crippen MR) is 92.3 cm³/mol. The van der Waals surface area contributed by atoms with Crippen molar-refractivity contribution in [2.24, 2.45) is 0 Å². The lowest BCUT2D eigenvalue weighted by atomic mass is 10.1. The standard InChI is InChI=1S/C19H19F2N3O/c20-16-2-1-3-18(15(16)11-22)23-12-13-4-5-19(17(21)10-13)24-8-6-14(25)7-9-24/h1-5,10,14,23,25H,6-9,12H2. The average Bonchev–Trinajstić information content (AvgIpc) is 2.61. The Balaban J connectivity index is 1.70. The Morgan fingerprint density at radius 2 is 1.92 bits per heavy atom. The highest BCUT2D eigenvalue weighted by atomic mass is 19.1. The van der Waals surface area contributed by atoms with Gasteiger partial charge in [-0.05, 0) is 42.7 Å². The molecule has 1 saturated heterocycles. The van der Waals surface area contributed by atoms with Crippen molar-refractivity contribution in [2.45, 2.75) is 25.5 Å². The summed E-state index contributed by atoms with van der Waals surface area (Å²) in [5.74, 6) is -0.906. The van der Waals surface area contributed by atoms with Crippen molar-refractivity contribution in [1.29, 1.82) is 5.26 Å². The Hall–Kier alpha value is -2.65. The lowest BCUT2D eigenvalue weighted by molar-refractivity contribution is 0.145. The smallest absolute Gasteiger partial charge is 0.146 e. The van der Waals surface area contributed by atoms with Crippen LogP contribution < -0.4 is 10.2 Å². The molecule has 0 unspecified atom stereocenters. The SMILES string of the molecule is N#Cc1c(F)cccc1NCc1ccc(N2CCC(O)CC2)c(F)c1. The monoisotopic (exact) mass is 343 g/mol. The van der Waals surface area contributed by atoms with Gasteiger partial charge in [0, 0.05) is 19.6 Å². The summed E-state index contributed by atoms with van der Waals surface area (Å²) >= 11 is 0. The van der Waals surface area contributed by atoms with Crippen LogP contribution in [0.15, 0.2) is 36.4 Å². The summed E-state index contributed by atoms with van der Waals surface area (Å²) in [5, 5.41) is 21.6. The highest BCUT2D eigenvalue weighted by Gasteiger charge is 2.19. The summed E-state index contributed by atoms with van der Waals surface area (Å²) in [4.78, 5) is 1.93. The molecule has 6 heteroatoms. The quantitative estimate of drug-likeness (QED) is 0.893. The average molecular weight is 343 g/mol. The molecular weight excluding hydrogens is 324 g/mol. The number of piperidine rings is 1. The summed E-state index contributed by atoms with van der Waals surface area (Å²) < 4.78 is 28.0. The van der Waals surface area contributed by atoms with Crippen molar-refractivity contribution in [3.05, 3.63) is 59.2 Å². The van der Waals surface area contributed by atoms with Crippen LogP contribution in [0.5, 0.6) is 0 Å². The first-order valence-corrected chi connectivity index (χ1v) is 8.22. The van der Waals surface area contributed by atoms with Gasteiger partial charge in [-0.3, -0.25) is 0 Å². The van der Waals surface area contributed by atoms with E-state index in [9.17, 15) is 13.9 Å². The summed E-state index contributed by atoms with van der Waals surface area (Å²) in [6, 6.07) is 11.2. The third kappa shape index (κ3) is 3.89. The van der Waals surface area contributed by atoms with Gasteiger partial charge in [-0.1, -0.05) is 12.1 Å². The van der Waals surface area contributed by atoms with Crippen molar-refractivity contribution >= 4 is 11.4 Å². The molecule has 3 rings (SSSR count). The summed E-state index contributed by atoms with van der Waals surface area (Å²) in [7, 11) is 0. The first-order valence-electron chi connectivity index (χ1n) is 8.22. The van der Waals surface area contributed by atoms with Gasteiger partial charge in [0.1, 0.15) is 23.3 Å². The molecule has 0 saturated carbocycles. The molecule has 2 aromatic rings. The van der Waals surface area contributed by atoms with E-state index < -0.39 is 5.82 Å². The third-order valence-electron chi connectivity index (χ3n) is 4.43. The first-order chi connectivity index (χ1) is 12.1. The van der Waals surface area contributed by atoms with E-state index in [2.05, 4.69) is 5.32 Å². The van der Waals surface area contributed by atoms with Crippen molar-refractivity contribution in [3.8, 4) is 6.07 Å². The van der Waals surface area contributed by atoms with Gasteiger partial charge < -0.3 is 15.3 Å². The Kier molecular flexibility index (Phi) is 5.15. The van der Waals surface area contributed by atoms with Crippen molar-refractivity contribution in [2.75, 3.05) is 23.3 Å². The van der Waals surface area contributed by atoms with Gasteiger partial charge in [0.25, 0.3) is 0 Å². The normalized spacial score (nSPS) is 15.0. The Morgan fingerprint density at radius 3 is 2.60 bits per heavy atom. The van der Waals surface area contributed by atoms with Crippen LogP contribution in [0.3, 0.4) is 0 Å². The van der Waals surface area contributed by atoms with E-state index in [4.69, 9.17) is 5.26 Å². The zero-order valence-corrected chi connectivity index (χ0v) is 13.7. The van der Waals surface area contributed by atoms with Gasteiger partial charge in [0.15, 0.2) is 0 Å². The molecule has 0 atom stereocenters. The number of nitrogens with one attached hydrogen (secondary N) is 1. The van der Waals surface area contributed by atoms with Gasteiger partial charge in [0.05, 0.1) is 17.5 Å². The van der Waals surface area contributed by atoms with Gasteiger partial charge >= 0.3 is 0 Å². The highest BCUT2D eigenvalue weighted by molar-refractivity contribution is 5.58. The molecule has 0 radical (unpaired) electrons. The number of hydrogen-bond acceptors (Lipinski definition) is 4. The van der Waals surface area contributed by atoms with Crippen LogP contribution in [0.4, 0.5) is 20.2 Å². The molecule has 4 nitrogen and oxygen atoms in total. The summed E-state index contributed by atoms with van der Waals surface area (Å²) in [6.45, 7) is 1.54. The summed E-state index contributed by atoms with van der Waals surface area (Å²) in [6.07, 6.45) is 0.974. The molecule has 1 aliphatic rings. The first kappa shape index (κ1) is 17.2. The Bertz CT molecular complexity index is 796. The van der Waals surface area contributed by atoms with Crippen LogP contribution in [-0.2, 0) is 6.54 Å². The molecule has 130 valence electrons. The molecule has 1 fully saturated rings. The van der Waals surface area contributed by atoms with Crippen LogP contribution in [0.1, 0.15) is 24.0 Å². The number of aliphatic hydroxyl groups excluding tert-OH is 1. The minimum Gasteiger partial charge on any atom is -0.393 e. The lowest BCUT2D eigenvalue weighted by Crippen LogP contribution is -2.36. The maximum atomic E-state index is 14.4. The van der Waals surface area contributed by atoms with Crippen LogP contribution in [0.25, 0.3) is 0 Å². The second-order valence-corrected chi connectivity index (χ2v) is 6.13. The molecule has 0 aromatic heterocycles. The molecule has 2 aromatic carbocycles. The molecule has 1 aliphatic heterocycles. The largest absolute Gasteiger partial charge is 0.393 e. The van der Waals surface area contributed by atoms with Crippen molar-refractivity contribution in [1.82, 2.24) is 0 Å². The highest BCUT2D eigenvalue weighted by Crippen LogP contribution is 2.25. The maximum Gasteiger partial charge on any atom is 0.146 e. The maximum absolute atomic E-state index is 14.4. The fourth-order valence-electron chi connectivity index (χ4n) is 3.01. The van der Waals surface area contributed by atoms with Crippen LogP contribution >= 0.6 is 0 Å². The van der Waals surface area contributed by atoms with Crippen LogP contribution in [0, 0.1) is 23.0 Å². The van der Waals surface area contributed by atoms with E-state index in [-0.39, 0.29) is 24.0 Å². The fraction of sp³-hybridized carbons (Fsp3) is 0.316. The molecule has 0 spiro atoms. The lowest BCUT2D eigenvalue weighted by Gasteiger charge is -2.31. The minimum absolute atomic E-state index is 0.0496. The Morgan fingerprint density at radius 1 is 1.16 bits per heavy atom. The number of halogens is 2. The minimum atomic E-state index is -0.582. The van der Waals surface area contributed by atoms with Crippen LogP contribution in [-0.4, -0.2) is 24.3 Å². The molecule has 1 heterocycles. The third-order valence-corrected chi connectivity index (χ3v) is 4.43. The molecule has 0 bridgehead atoms. The number of aliphatic hydroxyl groups is 1. The van der Waals surface area contributed by atoms with Gasteiger partial charge in [-0.15, -0.1) is 0 Å². The van der Waals surface area contributed by atoms with E-state index in [1.807, 2.05) is 17.0 Å². The molecule has 0 amide bonds. The zero-order chi connectivity index (χ0) is 17.8. The van der Waals surface area contributed by atoms with Gasteiger partial charge in [-0.2, -0.15) is 5.26 Å². The molecular formula is C19H19F2N3O. The molecule has 0 aliphatic carbocycles. The van der Waals surface area contributed by atoms with Gasteiger partial charge in [0.2, 0.25) is 0 Å². The number of benzene rings is 2. The van der Waals surface area contributed by atoms with Crippen LogP contribution in [0.2, 0.25) is 0 Å². The van der Waals surface area contributed by atoms with Crippen molar-refractivity contribution < 1.29 is 13.9 Å². The van der Waals surface area contributed by atoms with E-state index in [1.54, 1.807) is 12.1 Å².